The minimum Gasteiger partial charge on any atom is -0.508 e. The van der Waals surface area contributed by atoms with Gasteiger partial charge in [-0.25, -0.2) is 4.98 Å². The largest absolute Gasteiger partial charge is 0.508 e. The molecule has 3 N–H and O–H groups in total. The van der Waals surface area contributed by atoms with Crippen molar-refractivity contribution in [1.82, 2.24) is 4.98 Å². The first kappa shape index (κ1) is 17.5. The molecule has 0 spiro atoms. The van der Waals surface area contributed by atoms with E-state index in [1.54, 1.807) is 12.1 Å². The number of ketones is 1. The number of aromatic hydroxyl groups is 1. The monoisotopic (exact) mass is 379 g/mol. The van der Waals surface area contributed by atoms with Gasteiger partial charge in [-0.15, -0.1) is 0 Å². The quantitative estimate of drug-likeness (QED) is 0.590. The Labute approximate surface area is 162 Å². The molecule has 0 bridgehead atoms. The van der Waals surface area contributed by atoms with Gasteiger partial charge in [0, 0.05) is 17.3 Å². The number of nitrogens with two attached hydrogens (primary N) is 1. The topological polar surface area (TPSA) is 79.4 Å². The Bertz CT molecular complexity index is 932. The van der Waals surface area contributed by atoms with Gasteiger partial charge in [0.05, 0.1) is 0 Å². The molecule has 0 aliphatic heterocycles. The number of nitrogens with zero attached hydrogens (tertiary/aromatic N) is 2. The van der Waals surface area contributed by atoms with E-state index in [9.17, 15) is 9.90 Å². The van der Waals surface area contributed by atoms with E-state index in [2.05, 4.69) is 4.98 Å². The van der Waals surface area contributed by atoms with E-state index in [1.807, 2.05) is 47.4 Å². The second-order valence-corrected chi connectivity index (χ2v) is 7.72. The van der Waals surface area contributed by atoms with Crippen molar-refractivity contribution in [2.75, 3.05) is 10.6 Å². The summed E-state index contributed by atoms with van der Waals surface area (Å²) in [5.41, 5.74) is 7.89. The minimum absolute atomic E-state index is 0.0689. The smallest absolute Gasteiger partial charge is 0.197 e. The summed E-state index contributed by atoms with van der Waals surface area (Å²) in [4.78, 5) is 19.9. The fourth-order valence-corrected chi connectivity index (χ4v) is 4.56. The fourth-order valence-electron chi connectivity index (χ4n) is 3.51. The molecule has 6 heteroatoms. The number of thiazole rings is 1. The zero-order valence-electron chi connectivity index (χ0n) is 14.8. The van der Waals surface area contributed by atoms with Crippen LogP contribution in [0, 0.1) is 5.92 Å². The lowest BCUT2D eigenvalue weighted by Crippen LogP contribution is -2.11. The summed E-state index contributed by atoms with van der Waals surface area (Å²) in [6, 6.07) is 16.7. The Morgan fingerprint density at radius 2 is 1.67 bits per heavy atom. The van der Waals surface area contributed by atoms with Crippen LogP contribution in [0.5, 0.6) is 5.75 Å². The maximum atomic E-state index is 12.9. The highest BCUT2D eigenvalue weighted by molar-refractivity contribution is 7.18. The molecule has 2 aromatic carbocycles. The Hall–Kier alpha value is -2.86. The summed E-state index contributed by atoms with van der Waals surface area (Å²) in [7, 11) is 0. The molecule has 1 aromatic heterocycles. The normalized spacial score (nSPS) is 14.4. The van der Waals surface area contributed by atoms with E-state index in [1.165, 1.54) is 11.3 Å². The average molecular weight is 379 g/mol. The van der Waals surface area contributed by atoms with E-state index < -0.39 is 0 Å². The van der Waals surface area contributed by atoms with Crippen LogP contribution in [0.15, 0.2) is 54.6 Å². The van der Waals surface area contributed by atoms with Gasteiger partial charge in [-0.3, -0.25) is 9.69 Å². The average Bonchev–Trinajstić information content (AvgIpc) is 3.34. The molecule has 0 radical (unpaired) electrons. The number of aromatic nitrogens is 1. The number of phenols is 1. The van der Waals surface area contributed by atoms with E-state index >= 15 is 0 Å². The van der Waals surface area contributed by atoms with E-state index in [0.29, 0.717) is 15.8 Å². The molecule has 1 saturated carbocycles. The maximum absolute atomic E-state index is 12.9. The van der Waals surface area contributed by atoms with Crippen LogP contribution in [0.25, 0.3) is 0 Å². The summed E-state index contributed by atoms with van der Waals surface area (Å²) in [5, 5.41) is 10.3. The predicted molar refractivity (Wildman–Crippen MR) is 109 cm³/mol. The van der Waals surface area contributed by atoms with Crippen molar-refractivity contribution in [3.63, 3.8) is 0 Å². The molecule has 1 heterocycles. The Morgan fingerprint density at radius 3 is 2.33 bits per heavy atom. The number of carbonyl (C=O) groups excluding carboxylic acids is 1. The van der Waals surface area contributed by atoms with Crippen molar-refractivity contribution in [1.29, 1.82) is 0 Å². The van der Waals surface area contributed by atoms with Gasteiger partial charge in [-0.2, -0.15) is 0 Å². The molecule has 0 saturated heterocycles. The predicted octanol–water partition coefficient (Wildman–Crippen LogP) is 5.27. The zero-order chi connectivity index (χ0) is 18.8. The third kappa shape index (κ3) is 3.53. The van der Waals surface area contributed by atoms with E-state index in [0.717, 1.165) is 37.1 Å². The summed E-state index contributed by atoms with van der Waals surface area (Å²) in [5.74, 6) is 0.682. The first-order valence-corrected chi connectivity index (χ1v) is 9.90. The number of rotatable bonds is 5. The molecule has 0 atom stereocenters. The van der Waals surface area contributed by atoms with Crippen LogP contribution >= 0.6 is 11.3 Å². The number of nitrogen functional groups attached to an aromatic ring is 1. The summed E-state index contributed by atoms with van der Waals surface area (Å²) in [6.45, 7) is 0. The second kappa shape index (κ2) is 7.40. The summed E-state index contributed by atoms with van der Waals surface area (Å²) in [6.07, 6.45) is 4.08. The van der Waals surface area contributed by atoms with Crippen molar-refractivity contribution < 1.29 is 9.90 Å². The van der Waals surface area contributed by atoms with Crippen LogP contribution in [0.1, 0.15) is 35.4 Å². The summed E-state index contributed by atoms with van der Waals surface area (Å²) >= 11 is 1.33. The van der Waals surface area contributed by atoms with Crippen LogP contribution in [0.3, 0.4) is 0 Å². The second-order valence-electron chi connectivity index (χ2n) is 6.74. The third-order valence-corrected chi connectivity index (χ3v) is 5.98. The standard InChI is InChI=1S/C21H21N3O2S/c22-20-19(18(26)14-6-4-5-7-14)27-21(23-20)24(15-8-2-1-3-9-15)16-10-12-17(25)13-11-16/h1-3,8-14,25H,4-7,22H2. The van der Waals surface area contributed by atoms with Crippen LogP contribution < -0.4 is 10.6 Å². The van der Waals surface area contributed by atoms with Gasteiger partial charge in [0.2, 0.25) is 0 Å². The van der Waals surface area contributed by atoms with E-state index in [4.69, 9.17) is 5.73 Å². The van der Waals surface area contributed by atoms with Crippen LogP contribution in [-0.2, 0) is 0 Å². The Balaban J connectivity index is 1.75. The lowest BCUT2D eigenvalue weighted by Gasteiger charge is -2.22. The molecule has 138 valence electrons. The lowest BCUT2D eigenvalue weighted by molar-refractivity contribution is 0.0927. The molecule has 27 heavy (non-hydrogen) atoms. The molecule has 1 aliphatic carbocycles. The number of Topliss-reactive ketones (excluding diaryl/α,β-unsaturated/α-hetero) is 1. The minimum atomic E-state index is 0.0689. The molecule has 1 fully saturated rings. The SMILES string of the molecule is Nc1nc(N(c2ccccc2)c2ccc(O)cc2)sc1C(=O)C1CCCC1. The summed E-state index contributed by atoms with van der Waals surface area (Å²) < 4.78 is 0. The highest BCUT2D eigenvalue weighted by Crippen LogP contribution is 2.41. The van der Waals surface area contributed by atoms with E-state index in [-0.39, 0.29) is 17.5 Å². The third-order valence-electron chi connectivity index (χ3n) is 4.91. The first-order chi connectivity index (χ1) is 13.1. The zero-order valence-corrected chi connectivity index (χ0v) is 15.7. The molecule has 4 rings (SSSR count). The van der Waals surface area contributed by atoms with Gasteiger partial charge < -0.3 is 10.8 Å². The van der Waals surface area contributed by atoms with Gasteiger partial charge in [0.25, 0.3) is 0 Å². The molecule has 0 amide bonds. The van der Waals surface area contributed by atoms with Crippen LogP contribution in [0.2, 0.25) is 0 Å². The van der Waals surface area contributed by atoms with Crippen molar-refractivity contribution in [3.05, 3.63) is 59.5 Å². The molecule has 3 aromatic rings. The first-order valence-electron chi connectivity index (χ1n) is 9.08. The fraction of sp³-hybridized carbons (Fsp3) is 0.238. The Kier molecular flexibility index (Phi) is 4.81. The van der Waals surface area contributed by atoms with Crippen molar-refractivity contribution in [2.24, 2.45) is 5.92 Å². The maximum Gasteiger partial charge on any atom is 0.197 e. The van der Waals surface area contributed by atoms with Crippen molar-refractivity contribution in [2.45, 2.75) is 25.7 Å². The lowest BCUT2D eigenvalue weighted by atomic mass is 10.0. The van der Waals surface area contributed by atoms with Gasteiger partial charge in [0.1, 0.15) is 16.4 Å². The van der Waals surface area contributed by atoms with Crippen molar-refractivity contribution in [3.8, 4) is 5.75 Å². The Morgan fingerprint density at radius 1 is 1.04 bits per heavy atom. The molecule has 5 nitrogen and oxygen atoms in total. The number of anilines is 4. The molecular formula is C21H21N3O2S. The van der Waals surface area contributed by atoms with Crippen molar-refractivity contribution >= 4 is 39.4 Å². The number of phenolic OH excluding ortho intramolecular Hbond substituents is 1. The van der Waals surface area contributed by atoms with Gasteiger partial charge in [-0.1, -0.05) is 42.4 Å². The number of hydrogen-bond donors (Lipinski definition) is 2. The van der Waals surface area contributed by atoms with Crippen LogP contribution in [0.4, 0.5) is 22.3 Å². The molecule has 0 unspecified atom stereocenters. The van der Waals surface area contributed by atoms with Gasteiger partial charge in [0.15, 0.2) is 10.9 Å². The van der Waals surface area contributed by atoms with Crippen LogP contribution in [-0.4, -0.2) is 15.9 Å². The molecular weight excluding hydrogens is 358 g/mol. The highest BCUT2D eigenvalue weighted by Gasteiger charge is 2.29. The van der Waals surface area contributed by atoms with Gasteiger partial charge in [-0.05, 0) is 49.2 Å². The van der Waals surface area contributed by atoms with Gasteiger partial charge >= 0.3 is 0 Å². The number of para-hydroxylation sites is 1. The number of carbonyl (C=O) groups is 1. The molecule has 1 aliphatic rings. The highest BCUT2D eigenvalue weighted by atomic mass is 32.1. The number of hydrogen-bond acceptors (Lipinski definition) is 6. The number of benzene rings is 2.